The van der Waals surface area contributed by atoms with Crippen molar-refractivity contribution in [3.63, 3.8) is 0 Å². The van der Waals surface area contributed by atoms with E-state index in [9.17, 15) is 18.0 Å². The molecule has 1 aromatic heterocycles. The van der Waals surface area contributed by atoms with E-state index in [1.807, 2.05) is 6.92 Å². The van der Waals surface area contributed by atoms with Gasteiger partial charge < -0.3 is 10.6 Å². The molecule has 3 aromatic rings. The molecule has 0 unspecified atom stereocenters. The van der Waals surface area contributed by atoms with Crippen LogP contribution in [-0.2, 0) is 22.7 Å². The number of aromatic nitrogens is 3. The lowest BCUT2D eigenvalue weighted by Crippen LogP contribution is -2.27. The van der Waals surface area contributed by atoms with Gasteiger partial charge >= 0.3 is 0 Å². The van der Waals surface area contributed by atoms with Crippen LogP contribution in [0.4, 0.5) is 0 Å². The second-order valence-electron chi connectivity index (χ2n) is 8.37. The zero-order valence-corrected chi connectivity index (χ0v) is 19.9. The molecule has 9 nitrogen and oxygen atoms in total. The molecule has 2 amide bonds. The van der Waals surface area contributed by atoms with Gasteiger partial charge in [-0.05, 0) is 74.6 Å². The first-order valence-electron chi connectivity index (χ1n) is 11.2. The molecule has 178 valence electrons. The summed E-state index contributed by atoms with van der Waals surface area (Å²) in [7, 11) is -3.26. The van der Waals surface area contributed by atoms with Gasteiger partial charge in [-0.3, -0.25) is 9.59 Å². The highest BCUT2D eigenvalue weighted by molar-refractivity contribution is 7.90. The molecule has 0 atom stereocenters. The van der Waals surface area contributed by atoms with Gasteiger partial charge in [0.2, 0.25) is 0 Å². The second-order valence-corrected chi connectivity index (χ2v) is 10.4. The molecule has 0 saturated heterocycles. The Kier molecular flexibility index (Phi) is 6.78. The lowest BCUT2D eigenvalue weighted by Gasteiger charge is -2.10. The molecule has 4 rings (SSSR count). The summed E-state index contributed by atoms with van der Waals surface area (Å²) in [5, 5.41) is 14.1. The zero-order valence-electron chi connectivity index (χ0n) is 19.1. The normalized spacial score (nSPS) is 13.5. The van der Waals surface area contributed by atoms with E-state index in [4.69, 9.17) is 0 Å². The van der Waals surface area contributed by atoms with Crippen molar-refractivity contribution in [2.45, 2.75) is 43.5 Å². The summed E-state index contributed by atoms with van der Waals surface area (Å²) in [4.78, 5) is 25.1. The fourth-order valence-corrected chi connectivity index (χ4v) is 4.20. The van der Waals surface area contributed by atoms with Gasteiger partial charge in [0.25, 0.3) is 11.8 Å². The predicted molar refractivity (Wildman–Crippen MR) is 127 cm³/mol. The van der Waals surface area contributed by atoms with Crippen molar-refractivity contribution in [2.75, 3.05) is 12.8 Å². The Balaban J connectivity index is 1.60. The molecule has 2 N–H and O–H groups in total. The van der Waals surface area contributed by atoms with Crippen molar-refractivity contribution in [3.8, 4) is 5.69 Å². The van der Waals surface area contributed by atoms with Crippen LogP contribution in [0.15, 0.2) is 53.4 Å². The molecule has 34 heavy (non-hydrogen) atoms. The number of rotatable bonds is 9. The summed E-state index contributed by atoms with van der Waals surface area (Å²) in [5.41, 5.74) is 3.07. The van der Waals surface area contributed by atoms with Gasteiger partial charge in [0, 0.05) is 24.4 Å². The minimum atomic E-state index is -3.26. The van der Waals surface area contributed by atoms with Crippen LogP contribution in [-0.4, -0.2) is 54.1 Å². The SMILES string of the molecule is CCNC(=O)c1ccc(-n2nnc(C(=O)NC3CC3)c2CCc2ccc(S(C)(=O)=O)cc2)cc1. The summed E-state index contributed by atoms with van der Waals surface area (Å²) < 4.78 is 25.1. The van der Waals surface area contributed by atoms with Crippen LogP contribution < -0.4 is 10.6 Å². The monoisotopic (exact) mass is 481 g/mol. The number of benzene rings is 2. The summed E-state index contributed by atoms with van der Waals surface area (Å²) in [5.74, 6) is -0.412. The average Bonchev–Trinajstić information content (AvgIpc) is 3.52. The molecule has 0 bridgehead atoms. The number of carbonyl (C=O) groups is 2. The standard InChI is InChI=1S/C24H27N5O4S/c1-3-25-23(30)17-7-11-19(12-8-17)29-21(22(27-28-29)24(31)26-18-9-10-18)15-6-16-4-13-20(14-5-16)34(2,32)33/h4-5,7-8,11-14,18H,3,6,9-10,15H2,1-2H3,(H,25,30)(H,26,31). The summed E-state index contributed by atoms with van der Waals surface area (Å²) in [6, 6.07) is 13.9. The first kappa shape index (κ1) is 23.6. The molecule has 1 heterocycles. The molecule has 1 fully saturated rings. The number of amides is 2. The van der Waals surface area contributed by atoms with Crippen LogP contribution in [0.25, 0.3) is 5.69 Å². The predicted octanol–water partition coefficient (Wildman–Crippen LogP) is 2.10. The molecule has 1 aliphatic rings. The second kappa shape index (κ2) is 9.76. The largest absolute Gasteiger partial charge is 0.352 e. The van der Waals surface area contributed by atoms with E-state index in [1.165, 1.54) is 6.26 Å². The van der Waals surface area contributed by atoms with Crippen molar-refractivity contribution in [1.29, 1.82) is 0 Å². The molecule has 0 spiro atoms. The van der Waals surface area contributed by atoms with Gasteiger partial charge in [-0.2, -0.15) is 0 Å². The Hall–Kier alpha value is -3.53. The third kappa shape index (κ3) is 5.51. The zero-order chi connectivity index (χ0) is 24.3. The van der Waals surface area contributed by atoms with Gasteiger partial charge in [-0.25, -0.2) is 13.1 Å². The molecule has 1 aliphatic carbocycles. The van der Waals surface area contributed by atoms with Crippen molar-refractivity contribution in [1.82, 2.24) is 25.6 Å². The van der Waals surface area contributed by atoms with E-state index in [0.29, 0.717) is 36.3 Å². The number of aryl methyl sites for hydroxylation is 1. The topological polar surface area (TPSA) is 123 Å². The van der Waals surface area contributed by atoms with E-state index >= 15 is 0 Å². The quantitative estimate of drug-likeness (QED) is 0.483. The van der Waals surface area contributed by atoms with Crippen molar-refractivity contribution < 1.29 is 18.0 Å². The van der Waals surface area contributed by atoms with Gasteiger partial charge in [0.05, 0.1) is 16.3 Å². The third-order valence-corrected chi connectivity index (χ3v) is 6.73. The Morgan fingerprint density at radius 2 is 1.68 bits per heavy atom. The lowest BCUT2D eigenvalue weighted by molar-refractivity contribution is 0.0940. The van der Waals surface area contributed by atoms with Crippen molar-refractivity contribution in [2.24, 2.45) is 0 Å². The highest BCUT2D eigenvalue weighted by atomic mass is 32.2. The maximum Gasteiger partial charge on any atom is 0.273 e. The Morgan fingerprint density at radius 1 is 1.00 bits per heavy atom. The molecule has 0 radical (unpaired) electrons. The summed E-state index contributed by atoms with van der Waals surface area (Å²) in [6.45, 7) is 2.40. The van der Waals surface area contributed by atoms with Gasteiger partial charge in [0.15, 0.2) is 15.5 Å². The first-order valence-corrected chi connectivity index (χ1v) is 13.1. The van der Waals surface area contributed by atoms with Crippen LogP contribution >= 0.6 is 0 Å². The molecular formula is C24H27N5O4S. The summed E-state index contributed by atoms with van der Waals surface area (Å²) >= 11 is 0. The van der Waals surface area contributed by atoms with Crippen LogP contribution in [0.2, 0.25) is 0 Å². The van der Waals surface area contributed by atoms with E-state index in [2.05, 4.69) is 20.9 Å². The fourth-order valence-electron chi connectivity index (χ4n) is 3.57. The molecule has 1 saturated carbocycles. The van der Waals surface area contributed by atoms with Gasteiger partial charge in [-0.1, -0.05) is 17.3 Å². The molecule has 0 aliphatic heterocycles. The molecular weight excluding hydrogens is 454 g/mol. The Morgan fingerprint density at radius 3 is 2.26 bits per heavy atom. The lowest BCUT2D eigenvalue weighted by atomic mass is 10.1. The van der Waals surface area contributed by atoms with E-state index in [-0.39, 0.29) is 28.4 Å². The number of carbonyl (C=O) groups excluding carboxylic acids is 2. The Bertz CT molecular complexity index is 1290. The minimum Gasteiger partial charge on any atom is -0.352 e. The minimum absolute atomic E-state index is 0.157. The van der Waals surface area contributed by atoms with E-state index in [1.54, 1.807) is 53.2 Å². The van der Waals surface area contributed by atoms with Crippen LogP contribution in [0.5, 0.6) is 0 Å². The smallest absolute Gasteiger partial charge is 0.273 e. The maximum atomic E-state index is 12.8. The van der Waals surface area contributed by atoms with Gasteiger partial charge in [0.1, 0.15) is 0 Å². The highest BCUT2D eigenvalue weighted by Crippen LogP contribution is 2.21. The number of nitrogens with zero attached hydrogens (tertiary/aromatic N) is 3. The maximum absolute atomic E-state index is 12.8. The number of sulfone groups is 1. The number of nitrogens with one attached hydrogen (secondary N) is 2. The number of hydrogen-bond donors (Lipinski definition) is 2. The third-order valence-electron chi connectivity index (χ3n) is 5.60. The highest BCUT2D eigenvalue weighted by Gasteiger charge is 2.27. The number of hydrogen-bond acceptors (Lipinski definition) is 6. The van der Waals surface area contributed by atoms with Crippen LogP contribution in [0.3, 0.4) is 0 Å². The summed E-state index contributed by atoms with van der Waals surface area (Å²) in [6.07, 6.45) is 4.13. The Labute approximate surface area is 198 Å². The van der Waals surface area contributed by atoms with Gasteiger partial charge in [-0.15, -0.1) is 5.10 Å². The van der Waals surface area contributed by atoms with Crippen molar-refractivity contribution >= 4 is 21.7 Å². The molecule has 2 aromatic carbocycles. The average molecular weight is 482 g/mol. The van der Waals surface area contributed by atoms with E-state index in [0.717, 1.165) is 18.4 Å². The van der Waals surface area contributed by atoms with E-state index < -0.39 is 9.84 Å². The molecule has 10 heteroatoms. The fraction of sp³-hybridized carbons (Fsp3) is 0.333. The van der Waals surface area contributed by atoms with Crippen LogP contribution in [0, 0.1) is 0 Å². The van der Waals surface area contributed by atoms with Crippen molar-refractivity contribution in [3.05, 3.63) is 71.0 Å². The first-order chi connectivity index (χ1) is 16.3. The van der Waals surface area contributed by atoms with Crippen LogP contribution in [0.1, 0.15) is 51.9 Å².